The highest BCUT2D eigenvalue weighted by atomic mass is 31.1. The van der Waals surface area contributed by atoms with Crippen molar-refractivity contribution in [2.24, 2.45) is 5.92 Å². The van der Waals surface area contributed by atoms with Crippen molar-refractivity contribution in [2.45, 2.75) is 95.4 Å². The van der Waals surface area contributed by atoms with E-state index in [0.717, 1.165) is 31.3 Å². The second kappa shape index (κ2) is 22.4. The molecule has 2 heterocycles. The van der Waals surface area contributed by atoms with E-state index < -0.39 is 8.03 Å². The van der Waals surface area contributed by atoms with Crippen LogP contribution in [-0.2, 0) is 32.9 Å². The van der Waals surface area contributed by atoms with Crippen LogP contribution < -0.4 is 0 Å². The van der Waals surface area contributed by atoms with E-state index >= 15 is 0 Å². The topological polar surface area (TPSA) is 84.8 Å². The zero-order valence-electron chi connectivity index (χ0n) is 26.9. The van der Waals surface area contributed by atoms with Crippen molar-refractivity contribution in [3.8, 4) is 0 Å². The maximum atomic E-state index is 9.24. The molecule has 10 heteroatoms. The molecule has 0 spiro atoms. The summed E-state index contributed by atoms with van der Waals surface area (Å²) in [6.07, 6.45) is 19.3. The van der Waals surface area contributed by atoms with Gasteiger partial charge in [0.2, 0.25) is 0 Å². The average molecular weight is 621 g/mol. The van der Waals surface area contributed by atoms with Crippen molar-refractivity contribution >= 4 is 15.6 Å². The summed E-state index contributed by atoms with van der Waals surface area (Å²) in [7, 11) is 8.21. The van der Waals surface area contributed by atoms with Gasteiger partial charge in [-0.2, -0.15) is 0 Å². The molecule has 2 rings (SSSR count). The van der Waals surface area contributed by atoms with Crippen molar-refractivity contribution < 1.29 is 38.1 Å². The van der Waals surface area contributed by atoms with E-state index in [-0.39, 0.29) is 56.8 Å². The molecule has 2 aliphatic heterocycles. The summed E-state index contributed by atoms with van der Waals surface area (Å²) < 4.78 is 40.5. The van der Waals surface area contributed by atoms with Gasteiger partial charge in [0.15, 0.2) is 0 Å². The smallest absolute Gasteiger partial charge is 0.148 e. The second-order valence-corrected chi connectivity index (χ2v) is 12.8. The Morgan fingerprint density at radius 2 is 1.98 bits per heavy atom. The van der Waals surface area contributed by atoms with Crippen LogP contribution in [-0.4, -0.2) is 97.0 Å². The number of hydrogen-bond acceptors (Lipinski definition) is 8. The Bertz CT molecular complexity index is 892. The lowest BCUT2D eigenvalue weighted by atomic mass is 9.91. The second-order valence-electron chi connectivity index (χ2n) is 11.5. The molecule has 0 amide bonds. The molecule has 0 aromatic rings. The summed E-state index contributed by atoms with van der Waals surface area (Å²) in [5.74, 6) is 0.412. The fourth-order valence-electron chi connectivity index (χ4n) is 5.28. The summed E-state index contributed by atoms with van der Waals surface area (Å²) in [5, 5.41) is 9.24. The highest BCUT2D eigenvalue weighted by Crippen LogP contribution is 2.31. The number of aliphatic hydroxyl groups excluding tert-OH is 1. The Balaban J connectivity index is 1.99. The first-order valence-electron chi connectivity index (χ1n) is 15.3. The molecule has 1 N–H and O–H groups in total. The van der Waals surface area contributed by atoms with Crippen LogP contribution in [0.4, 0.5) is 0 Å². The first-order chi connectivity index (χ1) is 20.7. The standard InChI is InChI=1S/C33H54BO8P/c1-25-16-18-38-30(20-25)13-14-32(40-24-37-5)33(42-43(6)34)12-8-10-29(39-23-36-4)21-26(2)19-27(3)22-31-11-7-9-28(41-31)15-17-35/h7-10,13-14,16,27-33,35H,2,11-12,15,17-24H2,1,3-6H3/b10-8+,14-13+/t27-,28-,29+,30+,31-,32-,33-,43?/m0/s1. The quantitative estimate of drug-likeness (QED) is 0.0668. The van der Waals surface area contributed by atoms with Crippen LogP contribution in [0, 0.1) is 5.92 Å². The molecular weight excluding hydrogens is 566 g/mol. The third kappa shape index (κ3) is 16.7. The lowest BCUT2D eigenvalue weighted by Crippen LogP contribution is -2.30. The third-order valence-corrected chi connectivity index (χ3v) is 7.87. The molecule has 0 aromatic heterocycles. The predicted molar refractivity (Wildman–Crippen MR) is 174 cm³/mol. The van der Waals surface area contributed by atoms with E-state index in [1.165, 1.54) is 5.57 Å². The Morgan fingerprint density at radius 1 is 1.21 bits per heavy atom. The monoisotopic (exact) mass is 620 g/mol. The highest BCUT2D eigenvalue weighted by Gasteiger charge is 2.23. The third-order valence-electron chi connectivity index (χ3n) is 7.27. The SMILES string of the molecule is [B]P(C)O[C@@H](C/C=C/[C@H](CC(=C)C[C@H](C)C[C@@H]1CC=C[C@@H](CCO)O1)OCOC)[C@H](/C=C/[C@@H]1CC(C)=CCO1)OCOC. The maximum absolute atomic E-state index is 9.24. The lowest BCUT2D eigenvalue weighted by Gasteiger charge is -2.28. The minimum absolute atomic E-state index is 0.000751. The fourth-order valence-corrected chi connectivity index (χ4v) is 5.92. The number of ether oxygens (including phenoxy) is 6. The van der Waals surface area contributed by atoms with Gasteiger partial charge in [-0.15, -0.1) is 0 Å². The average Bonchev–Trinajstić information content (AvgIpc) is 2.95. The van der Waals surface area contributed by atoms with Gasteiger partial charge in [0, 0.05) is 27.2 Å². The van der Waals surface area contributed by atoms with Crippen LogP contribution in [0.25, 0.3) is 0 Å². The van der Waals surface area contributed by atoms with Crippen LogP contribution in [0.15, 0.2) is 60.3 Å². The van der Waals surface area contributed by atoms with Crippen molar-refractivity contribution in [2.75, 3.05) is 47.7 Å². The van der Waals surface area contributed by atoms with Gasteiger partial charge in [-0.1, -0.05) is 67.2 Å². The molecule has 8 atom stereocenters. The van der Waals surface area contributed by atoms with Gasteiger partial charge in [-0.3, -0.25) is 0 Å². The fraction of sp³-hybridized carbons (Fsp3) is 0.697. The Morgan fingerprint density at radius 3 is 2.67 bits per heavy atom. The predicted octanol–water partition coefficient (Wildman–Crippen LogP) is 6.16. The number of aliphatic hydroxyl groups is 1. The van der Waals surface area contributed by atoms with Crippen molar-refractivity contribution in [3.63, 3.8) is 0 Å². The van der Waals surface area contributed by atoms with Crippen LogP contribution in [0.3, 0.4) is 0 Å². The Labute approximate surface area is 262 Å². The molecule has 43 heavy (non-hydrogen) atoms. The number of methoxy groups -OCH3 is 2. The van der Waals surface area contributed by atoms with Crippen LogP contribution in [0.1, 0.15) is 58.8 Å². The minimum atomic E-state index is -1.12. The van der Waals surface area contributed by atoms with Gasteiger partial charge in [-0.25, -0.2) is 0 Å². The van der Waals surface area contributed by atoms with Gasteiger partial charge in [0.25, 0.3) is 0 Å². The first-order valence-corrected chi connectivity index (χ1v) is 17.1. The van der Waals surface area contributed by atoms with E-state index in [9.17, 15) is 5.11 Å². The molecule has 8 nitrogen and oxygen atoms in total. The number of hydrogen-bond donors (Lipinski definition) is 1. The van der Waals surface area contributed by atoms with Gasteiger partial charge in [-0.05, 0) is 66.1 Å². The molecule has 0 fully saturated rings. The molecule has 2 radical (unpaired) electrons. The molecule has 0 saturated heterocycles. The van der Waals surface area contributed by atoms with Crippen LogP contribution in [0.5, 0.6) is 0 Å². The number of rotatable bonds is 22. The molecule has 0 saturated carbocycles. The van der Waals surface area contributed by atoms with E-state index in [4.69, 9.17) is 40.5 Å². The maximum Gasteiger partial charge on any atom is 0.148 e. The summed E-state index contributed by atoms with van der Waals surface area (Å²) in [6.45, 7) is 11.6. The molecular formula is C33H54BO8P. The summed E-state index contributed by atoms with van der Waals surface area (Å²) in [6, 6.07) is 0. The summed E-state index contributed by atoms with van der Waals surface area (Å²) in [5.41, 5.74) is 2.43. The van der Waals surface area contributed by atoms with Crippen molar-refractivity contribution in [3.05, 3.63) is 60.3 Å². The van der Waals surface area contributed by atoms with E-state index in [1.807, 2.05) is 24.9 Å². The van der Waals surface area contributed by atoms with E-state index in [2.05, 4.69) is 44.7 Å². The largest absolute Gasteiger partial charge is 0.396 e. The van der Waals surface area contributed by atoms with Gasteiger partial charge >= 0.3 is 0 Å². The highest BCUT2D eigenvalue weighted by molar-refractivity contribution is 7.77. The van der Waals surface area contributed by atoms with Gasteiger partial charge in [0.1, 0.15) is 27.3 Å². The zero-order chi connectivity index (χ0) is 31.5. The van der Waals surface area contributed by atoms with Gasteiger partial charge < -0.3 is 38.1 Å². The Hall–Kier alpha value is -1.13. The zero-order valence-corrected chi connectivity index (χ0v) is 27.8. The van der Waals surface area contributed by atoms with Crippen LogP contribution >= 0.6 is 8.03 Å². The van der Waals surface area contributed by atoms with E-state index in [0.29, 0.717) is 31.8 Å². The first kappa shape index (κ1) is 38.1. The molecule has 0 bridgehead atoms. The molecule has 242 valence electrons. The van der Waals surface area contributed by atoms with Gasteiger partial charge in [0.05, 0.1) is 37.1 Å². The molecule has 2 aliphatic rings. The summed E-state index contributed by atoms with van der Waals surface area (Å²) in [4.78, 5) is 0. The minimum Gasteiger partial charge on any atom is -0.396 e. The normalized spacial score (nSPS) is 24.6. The lowest BCUT2D eigenvalue weighted by molar-refractivity contribution is -0.0853. The Kier molecular flexibility index (Phi) is 19.8. The van der Waals surface area contributed by atoms with Crippen molar-refractivity contribution in [1.82, 2.24) is 0 Å². The molecule has 0 aromatic carbocycles. The van der Waals surface area contributed by atoms with Crippen LogP contribution in [0.2, 0.25) is 0 Å². The van der Waals surface area contributed by atoms with Crippen molar-refractivity contribution in [1.29, 1.82) is 0 Å². The van der Waals surface area contributed by atoms with E-state index in [1.54, 1.807) is 14.2 Å². The summed E-state index contributed by atoms with van der Waals surface area (Å²) >= 11 is 0. The molecule has 0 aliphatic carbocycles. The molecule has 1 unspecified atom stereocenters.